The number of carbonyl (C=O) groups excluding carboxylic acids is 1. The molecule has 8 heteroatoms. The number of rotatable bonds is 6. The van der Waals surface area contributed by atoms with Crippen molar-refractivity contribution in [1.82, 2.24) is 19.7 Å². The Hall–Kier alpha value is -4.20. The van der Waals surface area contributed by atoms with Gasteiger partial charge in [-0.05, 0) is 55.5 Å². The summed E-state index contributed by atoms with van der Waals surface area (Å²) in [5.41, 5.74) is 3.78. The summed E-state index contributed by atoms with van der Waals surface area (Å²) < 4.78 is 1.71. The maximum absolute atomic E-state index is 12.7. The smallest absolute Gasteiger partial charge is 0.255 e. The average Bonchev–Trinajstić information content (AvgIpc) is 3.30. The SMILES string of the molecule is Cc1cc(N(C)C)nc(Nc2ccc(NC(=O)c3cccc(-n4cccn4)c3)cc2)n1. The maximum atomic E-state index is 12.7. The minimum atomic E-state index is -0.188. The molecule has 2 aromatic heterocycles. The Morgan fingerprint density at radius 1 is 0.968 bits per heavy atom. The third-order valence-electron chi connectivity index (χ3n) is 4.58. The third kappa shape index (κ3) is 4.87. The molecule has 0 spiro atoms. The van der Waals surface area contributed by atoms with Crippen molar-refractivity contribution in [1.29, 1.82) is 0 Å². The number of hydrogen-bond donors (Lipinski definition) is 2. The molecule has 2 heterocycles. The van der Waals surface area contributed by atoms with Crippen molar-refractivity contribution in [2.45, 2.75) is 6.92 Å². The molecule has 0 unspecified atom stereocenters. The van der Waals surface area contributed by atoms with E-state index < -0.39 is 0 Å². The highest BCUT2D eigenvalue weighted by atomic mass is 16.1. The highest BCUT2D eigenvalue weighted by molar-refractivity contribution is 6.04. The second-order valence-electron chi connectivity index (χ2n) is 7.24. The second kappa shape index (κ2) is 8.66. The molecule has 0 saturated carbocycles. The Morgan fingerprint density at radius 2 is 1.74 bits per heavy atom. The lowest BCUT2D eigenvalue weighted by Gasteiger charge is -2.14. The molecule has 8 nitrogen and oxygen atoms in total. The highest BCUT2D eigenvalue weighted by Gasteiger charge is 2.09. The van der Waals surface area contributed by atoms with E-state index in [2.05, 4.69) is 25.7 Å². The quantitative estimate of drug-likeness (QED) is 0.496. The Labute approximate surface area is 180 Å². The van der Waals surface area contributed by atoms with E-state index in [-0.39, 0.29) is 5.91 Å². The van der Waals surface area contributed by atoms with Crippen molar-refractivity contribution >= 4 is 29.0 Å². The molecule has 0 aliphatic carbocycles. The fourth-order valence-corrected chi connectivity index (χ4v) is 3.02. The lowest BCUT2D eigenvalue weighted by Crippen LogP contribution is -2.13. The summed E-state index contributed by atoms with van der Waals surface area (Å²) in [6.45, 7) is 1.93. The highest BCUT2D eigenvalue weighted by Crippen LogP contribution is 2.20. The molecular formula is C23H23N7O. The first kappa shape index (κ1) is 20.1. The second-order valence-corrected chi connectivity index (χ2v) is 7.24. The van der Waals surface area contributed by atoms with Crippen molar-refractivity contribution in [3.63, 3.8) is 0 Å². The van der Waals surface area contributed by atoms with E-state index in [4.69, 9.17) is 0 Å². The normalized spacial score (nSPS) is 10.5. The number of amides is 1. The van der Waals surface area contributed by atoms with Gasteiger partial charge in [0.15, 0.2) is 0 Å². The number of carbonyl (C=O) groups is 1. The topological polar surface area (TPSA) is 88.0 Å². The zero-order valence-corrected chi connectivity index (χ0v) is 17.6. The van der Waals surface area contributed by atoms with E-state index in [1.807, 2.05) is 80.6 Å². The number of aryl methyl sites for hydroxylation is 1. The Kier molecular flexibility index (Phi) is 5.61. The fourth-order valence-electron chi connectivity index (χ4n) is 3.02. The summed E-state index contributed by atoms with van der Waals surface area (Å²) in [5, 5.41) is 10.3. The van der Waals surface area contributed by atoms with Crippen LogP contribution in [0.15, 0.2) is 73.1 Å². The first-order valence-electron chi connectivity index (χ1n) is 9.79. The molecule has 0 aliphatic rings. The molecule has 0 fully saturated rings. The molecule has 0 bridgehead atoms. The van der Waals surface area contributed by atoms with Crippen LogP contribution < -0.4 is 15.5 Å². The van der Waals surface area contributed by atoms with E-state index in [0.717, 1.165) is 22.9 Å². The predicted octanol–water partition coefficient (Wildman–Crippen LogP) is 4.03. The van der Waals surface area contributed by atoms with Crippen LogP contribution in [0.2, 0.25) is 0 Å². The van der Waals surface area contributed by atoms with E-state index in [1.54, 1.807) is 23.0 Å². The molecule has 31 heavy (non-hydrogen) atoms. The molecule has 4 aromatic rings. The van der Waals surface area contributed by atoms with Crippen LogP contribution in [0.3, 0.4) is 0 Å². The van der Waals surface area contributed by atoms with E-state index in [1.165, 1.54) is 0 Å². The van der Waals surface area contributed by atoms with Gasteiger partial charge in [0.1, 0.15) is 5.82 Å². The number of hydrogen-bond acceptors (Lipinski definition) is 6. The van der Waals surface area contributed by atoms with Crippen molar-refractivity contribution in [3.8, 4) is 5.69 Å². The maximum Gasteiger partial charge on any atom is 0.255 e. The molecule has 156 valence electrons. The number of anilines is 4. The molecule has 2 N–H and O–H groups in total. The molecule has 4 rings (SSSR count). The zero-order valence-electron chi connectivity index (χ0n) is 17.6. The van der Waals surface area contributed by atoms with Crippen LogP contribution in [0.5, 0.6) is 0 Å². The predicted molar refractivity (Wildman–Crippen MR) is 122 cm³/mol. The summed E-state index contributed by atoms with van der Waals surface area (Å²) in [7, 11) is 3.88. The van der Waals surface area contributed by atoms with Crippen molar-refractivity contribution in [2.24, 2.45) is 0 Å². The lowest BCUT2D eigenvalue weighted by molar-refractivity contribution is 0.102. The van der Waals surface area contributed by atoms with Crippen LogP contribution in [0, 0.1) is 6.92 Å². The van der Waals surface area contributed by atoms with Gasteiger partial charge in [0, 0.05) is 55.2 Å². The van der Waals surface area contributed by atoms with Crippen molar-refractivity contribution in [3.05, 3.63) is 84.3 Å². The Morgan fingerprint density at radius 3 is 2.45 bits per heavy atom. The number of aromatic nitrogens is 4. The Bertz CT molecular complexity index is 1190. The molecule has 0 aliphatic heterocycles. The van der Waals surface area contributed by atoms with Crippen LogP contribution in [0.4, 0.5) is 23.1 Å². The molecule has 0 radical (unpaired) electrons. The van der Waals surface area contributed by atoms with Crippen LogP contribution in [-0.4, -0.2) is 39.8 Å². The van der Waals surface area contributed by atoms with Gasteiger partial charge in [-0.3, -0.25) is 4.79 Å². The molecule has 0 atom stereocenters. The number of nitrogens with one attached hydrogen (secondary N) is 2. The van der Waals surface area contributed by atoms with Crippen LogP contribution in [0.1, 0.15) is 16.1 Å². The van der Waals surface area contributed by atoms with Crippen molar-refractivity contribution in [2.75, 3.05) is 29.6 Å². The van der Waals surface area contributed by atoms with Crippen LogP contribution in [-0.2, 0) is 0 Å². The van der Waals surface area contributed by atoms with Gasteiger partial charge < -0.3 is 15.5 Å². The van der Waals surface area contributed by atoms with Gasteiger partial charge >= 0.3 is 0 Å². The van der Waals surface area contributed by atoms with Gasteiger partial charge in [-0.2, -0.15) is 10.1 Å². The minimum Gasteiger partial charge on any atom is -0.363 e. The standard InChI is InChI=1S/C23H23N7O/c1-16-14-21(29(2)3)28-23(25-16)27-19-10-8-18(9-11-19)26-22(31)17-6-4-7-20(15-17)30-13-5-12-24-30/h4-15H,1-3H3,(H,26,31)(H,25,27,28). The average molecular weight is 413 g/mol. The van der Waals surface area contributed by atoms with Crippen LogP contribution >= 0.6 is 0 Å². The molecule has 2 aromatic carbocycles. The summed E-state index contributed by atoms with van der Waals surface area (Å²) in [6, 6.07) is 18.5. The lowest BCUT2D eigenvalue weighted by atomic mass is 10.2. The summed E-state index contributed by atoms with van der Waals surface area (Å²) in [6.07, 6.45) is 3.54. The number of benzene rings is 2. The largest absolute Gasteiger partial charge is 0.363 e. The van der Waals surface area contributed by atoms with E-state index in [0.29, 0.717) is 17.2 Å². The zero-order chi connectivity index (χ0) is 21.8. The minimum absolute atomic E-state index is 0.188. The first-order valence-corrected chi connectivity index (χ1v) is 9.79. The van der Waals surface area contributed by atoms with E-state index in [9.17, 15) is 4.79 Å². The fraction of sp³-hybridized carbons (Fsp3) is 0.130. The van der Waals surface area contributed by atoms with Gasteiger partial charge in [0.2, 0.25) is 5.95 Å². The van der Waals surface area contributed by atoms with Gasteiger partial charge in [0.05, 0.1) is 5.69 Å². The summed E-state index contributed by atoms with van der Waals surface area (Å²) in [5.74, 6) is 1.17. The summed E-state index contributed by atoms with van der Waals surface area (Å²) in [4.78, 5) is 23.5. The van der Waals surface area contributed by atoms with Crippen LogP contribution in [0.25, 0.3) is 5.69 Å². The van der Waals surface area contributed by atoms with Gasteiger partial charge in [-0.25, -0.2) is 9.67 Å². The first-order chi connectivity index (χ1) is 15.0. The molecule has 1 amide bonds. The number of nitrogens with zero attached hydrogens (tertiary/aromatic N) is 5. The van der Waals surface area contributed by atoms with Gasteiger partial charge in [-0.1, -0.05) is 6.07 Å². The monoisotopic (exact) mass is 413 g/mol. The van der Waals surface area contributed by atoms with Crippen molar-refractivity contribution < 1.29 is 4.79 Å². The Balaban J connectivity index is 1.44. The summed E-state index contributed by atoms with van der Waals surface area (Å²) >= 11 is 0. The van der Waals surface area contributed by atoms with Gasteiger partial charge in [0.25, 0.3) is 5.91 Å². The van der Waals surface area contributed by atoms with E-state index >= 15 is 0 Å². The third-order valence-corrected chi connectivity index (χ3v) is 4.58. The molecular weight excluding hydrogens is 390 g/mol. The van der Waals surface area contributed by atoms with Gasteiger partial charge in [-0.15, -0.1) is 0 Å². The molecule has 0 saturated heterocycles.